The minimum atomic E-state index is -0.418. The quantitative estimate of drug-likeness (QED) is 0.629. The van der Waals surface area contributed by atoms with Gasteiger partial charge in [0.15, 0.2) is 0 Å². The van der Waals surface area contributed by atoms with Gasteiger partial charge in [-0.15, -0.1) is 12.6 Å². The smallest absolute Gasteiger partial charge is 0.251 e. The lowest BCUT2D eigenvalue weighted by molar-refractivity contribution is 0.0956. The van der Waals surface area contributed by atoms with Crippen molar-refractivity contribution in [2.75, 3.05) is 18.6 Å². The molecule has 0 bridgehead atoms. The molecule has 5 heteroatoms. The van der Waals surface area contributed by atoms with Crippen molar-refractivity contribution in [1.29, 1.82) is 0 Å². The Hall–Kier alpha value is -0.680. The molecule has 1 rings (SSSR count). The molecule has 0 aliphatic carbocycles. The van der Waals surface area contributed by atoms with Gasteiger partial charge in [0.25, 0.3) is 5.91 Å². The number of thiol groups is 1. The standard InChI is InChI=1S/C10H12FNOS2/c1-15-5-4-12-10(13)7-2-3-8(11)9(14)6-7/h2-3,6,14H,4-5H2,1H3,(H,12,13). The molecule has 1 aromatic rings. The molecule has 2 nitrogen and oxygen atoms in total. The number of nitrogens with one attached hydrogen (secondary N) is 1. The Morgan fingerprint density at radius 2 is 2.33 bits per heavy atom. The summed E-state index contributed by atoms with van der Waals surface area (Å²) in [6.45, 7) is 0.610. The minimum Gasteiger partial charge on any atom is -0.351 e. The van der Waals surface area contributed by atoms with Crippen molar-refractivity contribution >= 4 is 30.3 Å². The maximum atomic E-state index is 12.9. The predicted octanol–water partition coefficient (Wildman–Crippen LogP) is 2.21. The highest BCUT2D eigenvalue weighted by Crippen LogP contribution is 2.13. The Morgan fingerprint density at radius 3 is 2.93 bits per heavy atom. The first-order valence-corrected chi connectivity index (χ1v) is 6.25. The zero-order valence-corrected chi connectivity index (χ0v) is 10.00. The SMILES string of the molecule is CSCCNC(=O)c1ccc(F)c(S)c1. The number of rotatable bonds is 4. The number of benzene rings is 1. The van der Waals surface area contributed by atoms with Crippen LogP contribution >= 0.6 is 24.4 Å². The summed E-state index contributed by atoms with van der Waals surface area (Å²) in [6.07, 6.45) is 1.97. The zero-order valence-electron chi connectivity index (χ0n) is 8.29. The van der Waals surface area contributed by atoms with E-state index in [1.54, 1.807) is 11.8 Å². The molecule has 1 aromatic carbocycles. The monoisotopic (exact) mass is 245 g/mol. The van der Waals surface area contributed by atoms with Crippen molar-refractivity contribution in [3.8, 4) is 0 Å². The highest BCUT2D eigenvalue weighted by molar-refractivity contribution is 7.98. The molecule has 0 unspecified atom stereocenters. The van der Waals surface area contributed by atoms with Gasteiger partial charge in [0.05, 0.1) is 0 Å². The van der Waals surface area contributed by atoms with E-state index in [2.05, 4.69) is 17.9 Å². The Kier molecular flexibility index (Phi) is 4.98. The Labute approximate surface area is 98.0 Å². The zero-order chi connectivity index (χ0) is 11.3. The van der Waals surface area contributed by atoms with Crippen LogP contribution in [-0.4, -0.2) is 24.5 Å². The Morgan fingerprint density at radius 1 is 1.60 bits per heavy atom. The molecule has 0 saturated heterocycles. The van der Waals surface area contributed by atoms with E-state index in [9.17, 15) is 9.18 Å². The molecule has 0 aromatic heterocycles. The molecule has 0 atom stereocenters. The number of carbonyl (C=O) groups excluding carboxylic acids is 1. The van der Waals surface area contributed by atoms with Gasteiger partial charge in [0.2, 0.25) is 0 Å². The minimum absolute atomic E-state index is 0.188. The van der Waals surface area contributed by atoms with E-state index in [1.165, 1.54) is 18.2 Å². The summed E-state index contributed by atoms with van der Waals surface area (Å²) in [6, 6.07) is 4.11. The number of halogens is 1. The summed E-state index contributed by atoms with van der Waals surface area (Å²) in [5.74, 6) is 0.249. The van der Waals surface area contributed by atoms with Crippen molar-refractivity contribution in [2.45, 2.75) is 4.90 Å². The van der Waals surface area contributed by atoms with Gasteiger partial charge in [-0.3, -0.25) is 4.79 Å². The largest absolute Gasteiger partial charge is 0.351 e. The third-order valence-electron chi connectivity index (χ3n) is 1.80. The Bertz CT molecular complexity index is 357. The second kappa shape index (κ2) is 6.02. The van der Waals surface area contributed by atoms with Gasteiger partial charge in [-0.05, 0) is 24.5 Å². The Balaban J connectivity index is 2.62. The van der Waals surface area contributed by atoms with Gasteiger partial charge in [0, 0.05) is 22.8 Å². The highest BCUT2D eigenvalue weighted by atomic mass is 32.2. The van der Waals surface area contributed by atoms with Crippen LogP contribution in [0.5, 0.6) is 0 Å². The molecule has 0 spiro atoms. The normalized spacial score (nSPS) is 10.1. The molecular formula is C10H12FNOS2. The first kappa shape index (κ1) is 12.4. The predicted molar refractivity (Wildman–Crippen MR) is 64.4 cm³/mol. The molecule has 0 saturated carbocycles. The lowest BCUT2D eigenvalue weighted by Crippen LogP contribution is -2.25. The van der Waals surface area contributed by atoms with Crippen LogP contribution in [0.2, 0.25) is 0 Å². The highest BCUT2D eigenvalue weighted by Gasteiger charge is 2.06. The maximum Gasteiger partial charge on any atom is 0.251 e. The average Bonchev–Trinajstić information content (AvgIpc) is 2.22. The van der Waals surface area contributed by atoms with Gasteiger partial charge in [0.1, 0.15) is 5.82 Å². The number of thioether (sulfide) groups is 1. The first-order chi connectivity index (χ1) is 7.15. The van der Waals surface area contributed by atoms with Gasteiger partial charge < -0.3 is 5.32 Å². The molecule has 15 heavy (non-hydrogen) atoms. The van der Waals surface area contributed by atoms with E-state index in [0.29, 0.717) is 12.1 Å². The van der Waals surface area contributed by atoms with Crippen LogP contribution in [0.3, 0.4) is 0 Å². The number of hydrogen-bond donors (Lipinski definition) is 2. The molecule has 0 fully saturated rings. The fourth-order valence-electron chi connectivity index (χ4n) is 1.02. The molecule has 82 valence electrons. The molecule has 0 aliphatic rings. The summed E-state index contributed by atoms with van der Waals surface area (Å²) in [7, 11) is 0. The van der Waals surface area contributed by atoms with E-state index in [-0.39, 0.29) is 10.8 Å². The van der Waals surface area contributed by atoms with E-state index in [0.717, 1.165) is 5.75 Å². The number of hydrogen-bond acceptors (Lipinski definition) is 3. The van der Waals surface area contributed by atoms with E-state index in [4.69, 9.17) is 0 Å². The number of amides is 1. The van der Waals surface area contributed by atoms with Crippen molar-refractivity contribution in [3.05, 3.63) is 29.6 Å². The van der Waals surface area contributed by atoms with Crippen LogP contribution < -0.4 is 5.32 Å². The van der Waals surface area contributed by atoms with Crippen LogP contribution in [-0.2, 0) is 0 Å². The van der Waals surface area contributed by atoms with Gasteiger partial charge in [-0.25, -0.2) is 4.39 Å². The third-order valence-corrected chi connectivity index (χ3v) is 2.76. The van der Waals surface area contributed by atoms with E-state index >= 15 is 0 Å². The lowest BCUT2D eigenvalue weighted by Gasteiger charge is -2.04. The van der Waals surface area contributed by atoms with Crippen molar-refractivity contribution < 1.29 is 9.18 Å². The molecular weight excluding hydrogens is 233 g/mol. The topological polar surface area (TPSA) is 29.1 Å². The van der Waals surface area contributed by atoms with E-state index in [1.807, 2.05) is 6.26 Å². The fourth-order valence-corrected chi connectivity index (χ4v) is 1.54. The second-order valence-electron chi connectivity index (χ2n) is 2.91. The summed E-state index contributed by atoms with van der Waals surface area (Å²) in [5.41, 5.74) is 0.433. The summed E-state index contributed by atoms with van der Waals surface area (Å²) in [4.78, 5) is 11.7. The molecule has 0 heterocycles. The molecule has 1 N–H and O–H groups in total. The van der Waals surface area contributed by atoms with Crippen molar-refractivity contribution in [2.24, 2.45) is 0 Å². The van der Waals surface area contributed by atoms with Crippen molar-refractivity contribution in [1.82, 2.24) is 5.32 Å². The van der Waals surface area contributed by atoms with Crippen LogP contribution in [0.4, 0.5) is 4.39 Å². The third kappa shape index (κ3) is 3.76. The van der Waals surface area contributed by atoms with Crippen LogP contribution in [0, 0.1) is 5.82 Å². The van der Waals surface area contributed by atoms with Crippen molar-refractivity contribution in [3.63, 3.8) is 0 Å². The molecule has 0 aliphatic heterocycles. The molecule has 1 amide bonds. The van der Waals surface area contributed by atoms with Gasteiger partial charge in [-0.1, -0.05) is 0 Å². The second-order valence-corrected chi connectivity index (χ2v) is 4.38. The average molecular weight is 245 g/mol. The maximum absolute atomic E-state index is 12.9. The van der Waals surface area contributed by atoms with Crippen LogP contribution in [0.15, 0.2) is 23.1 Å². The first-order valence-electron chi connectivity index (χ1n) is 4.41. The summed E-state index contributed by atoms with van der Waals surface area (Å²) < 4.78 is 12.9. The molecule has 0 radical (unpaired) electrons. The lowest BCUT2D eigenvalue weighted by atomic mass is 10.2. The number of carbonyl (C=O) groups is 1. The van der Waals surface area contributed by atoms with Crippen LogP contribution in [0.1, 0.15) is 10.4 Å². The van der Waals surface area contributed by atoms with Gasteiger partial charge in [-0.2, -0.15) is 11.8 Å². The van der Waals surface area contributed by atoms with E-state index < -0.39 is 5.82 Å². The summed E-state index contributed by atoms with van der Waals surface area (Å²) in [5, 5.41) is 2.73. The fraction of sp³-hybridized carbons (Fsp3) is 0.300. The van der Waals surface area contributed by atoms with Gasteiger partial charge >= 0.3 is 0 Å². The summed E-state index contributed by atoms with van der Waals surface area (Å²) >= 11 is 5.57. The van der Waals surface area contributed by atoms with Crippen LogP contribution in [0.25, 0.3) is 0 Å².